The number of hydrogen-bond acceptors (Lipinski definition) is 3. The SMILES string of the molecule is COc1cc(CNCCC(C)C)cc(Br)c1OCc1ccc(F)cc1Cl. The van der Waals surface area contributed by atoms with Gasteiger partial charge in [0.15, 0.2) is 11.5 Å². The molecule has 0 saturated heterocycles. The Morgan fingerprint density at radius 1 is 1.23 bits per heavy atom. The van der Waals surface area contributed by atoms with Crippen molar-refractivity contribution in [3.8, 4) is 11.5 Å². The predicted molar refractivity (Wildman–Crippen MR) is 108 cm³/mol. The summed E-state index contributed by atoms with van der Waals surface area (Å²) in [5.41, 5.74) is 1.81. The van der Waals surface area contributed by atoms with Crippen LogP contribution < -0.4 is 14.8 Å². The first-order valence-electron chi connectivity index (χ1n) is 8.54. The standard InChI is InChI=1S/C20H24BrClFNO2/c1-13(2)6-7-24-11-14-8-17(21)20(19(9-14)25-3)26-12-15-4-5-16(23)10-18(15)22/h4-5,8-10,13,24H,6-7,11-12H2,1-3H3. The number of hydrogen-bond donors (Lipinski definition) is 1. The molecule has 0 spiro atoms. The molecule has 0 saturated carbocycles. The van der Waals surface area contributed by atoms with Gasteiger partial charge < -0.3 is 14.8 Å². The molecule has 3 nitrogen and oxygen atoms in total. The summed E-state index contributed by atoms with van der Waals surface area (Å²) < 4.78 is 25.3. The van der Waals surface area contributed by atoms with Crippen LogP contribution in [0.3, 0.4) is 0 Å². The molecule has 2 aromatic rings. The van der Waals surface area contributed by atoms with Gasteiger partial charge in [0.1, 0.15) is 12.4 Å². The summed E-state index contributed by atoms with van der Waals surface area (Å²) >= 11 is 9.61. The van der Waals surface area contributed by atoms with E-state index in [0.29, 0.717) is 28.0 Å². The van der Waals surface area contributed by atoms with Crippen molar-refractivity contribution in [2.24, 2.45) is 5.92 Å². The van der Waals surface area contributed by atoms with Crippen molar-refractivity contribution in [2.45, 2.75) is 33.4 Å². The van der Waals surface area contributed by atoms with E-state index in [9.17, 15) is 4.39 Å². The number of rotatable bonds is 9. The molecule has 142 valence electrons. The number of methoxy groups -OCH3 is 1. The Hall–Kier alpha value is -1.30. The maximum atomic E-state index is 13.2. The highest BCUT2D eigenvalue weighted by Gasteiger charge is 2.13. The van der Waals surface area contributed by atoms with Crippen molar-refractivity contribution in [3.63, 3.8) is 0 Å². The molecule has 0 amide bonds. The largest absolute Gasteiger partial charge is 0.493 e. The van der Waals surface area contributed by atoms with E-state index in [1.165, 1.54) is 12.1 Å². The Balaban J connectivity index is 2.06. The highest BCUT2D eigenvalue weighted by Crippen LogP contribution is 2.37. The Kier molecular flexibility index (Phi) is 8.19. The topological polar surface area (TPSA) is 30.5 Å². The minimum atomic E-state index is -0.369. The van der Waals surface area contributed by atoms with Crippen LogP contribution in [0.1, 0.15) is 31.4 Å². The maximum absolute atomic E-state index is 13.2. The lowest BCUT2D eigenvalue weighted by molar-refractivity contribution is 0.282. The Morgan fingerprint density at radius 2 is 2.00 bits per heavy atom. The van der Waals surface area contributed by atoms with Crippen LogP contribution in [-0.4, -0.2) is 13.7 Å². The average molecular weight is 445 g/mol. The summed E-state index contributed by atoms with van der Waals surface area (Å²) in [6.07, 6.45) is 1.14. The van der Waals surface area contributed by atoms with Gasteiger partial charge in [-0.05, 0) is 64.6 Å². The predicted octanol–water partition coefficient (Wildman–Crippen LogP) is 5.96. The Labute approximate surface area is 168 Å². The van der Waals surface area contributed by atoms with Gasteiger partial charge in [-0.3, -0.25) is 0 Å². The van der Waals surface area contributed by atoms with Gasteiger partial charge in [0.2, 0.25) is 0 Å². The fraction of sp³-hybridized carbons (Fsp3) is 0.400. The van der Waals surface area contributed by atoms with Crippen molar-refractivity contribution < 1.29 is 13.9 Å². The first-order valence-corrected chi connectivity index (χ1v) is 9.71. The molecule has 0 bridgehead atoms. The van der Waals surface area contributed by atoms with Gasteiger partial charge in [-0.2, -0.15) is 0 Å². The van der Waals surface area contributed by atoms with Crippen molar-refractivity contribution in [1.29, 1.82) is 0 Å². The van der Waals surface area contributed by atoms with Crippen LogP contribution in [0.4, 0.5) is 4.39 Å². The Morgan fingerprint density at radius 3 is 2.65 bits per heavy atom. The molecule has 0 atom stereocenters. The van der Waals surface area contributed by atoms with Gasteiger partial charge in [-0.1, -0.05) is 31.5 Å². The molecule has 2 aromatic carbocycles. The van der Waals surface area contributed by atoms with Gasteiger partial charge >= 0.3 is 0 Å². The quantitative estimate of drug-likeness (QED) is 0.484. The zero-order valence-electron chi connectivity index (χ0n) is 15.2. The summed E-state index contributed by atoms with van der Waals surface area (Å²) in [5.74, 6) is 1.54. The van der Waals surface area contributed by atoms with Gasteiger partial charge in [0.05, 0.1) is 16.6 Å². The zero-order valence-corrected chi connectivity index (χ0v) is 17.6. The minimum absolute atomic E-state index is 0.222. The molecular weight excluding hydrogens is 421 g/mol. The molecular formula is C20H24BrClFNO2. The maximum Gasteiger partial charge on any atom is 0.175 e. The van der Waals surface area contributed by atoms with E-state index in [0.717, 1.165) is 29.5 Å². The molecule has 6 heteroatoms. The smallest absolute Gasteiger partial charge is 0.175 e. The zero-order chi connectivity index (χ0) is 19.1. The molecule has 0 heterocycles. The molecule has 26 heavy (non-hydrogen) atoms. The van der Waals surface area contributed by atoms with E-state index in [1.807, 2.05) is 12.1 Å². The van der Waals surface area contributed by atoms with Gasteiger partial charge in [0, 0.05) is 12.1 Å². The monoisotopic (exact) mass is 443 g/mol. The first-order chi connectivity index (χ1) is 12.4. The van der Waals surface area contributed by atoms with Crippen molar-refractivity contribution in [3.05, 3.63) is 56.8 Å². The Bertz CT molecular complexity index is 740. The third kappa shape index (κ3) is 6.15. The second-order valence-electron chi connectivity index (χ2n) is 6.49. The van der Waals surface area contributed by atoms with E-state index in [1.54, 1.807) is 13.2 Å². The number of nitrogens with one attached hydrogen (secondary N) is 1. The normalized spacial score (nSPS) is 11.0. The number of benzene rings is 2. The van der Waals surface area contributed by atoms with Crippen molar-refractivity contribution >= 4 is 27.5 Å². The lowest BCUT2D eigenvalue weighted by Crippen LogP contribution is -2.16. The lowest BCUT2D eigenvalue weighted by atomic mass is 10.1. The summed E-state index contributed by atoms with van der Waals surface area (Å²) in [6, 6.07) is 8.22. The molecule has 0 radical (unpaired) electrons. The van der Waals surface area contributed by atoms with Crippen LogP contribution in [0, 0.1) is 11.7 Å². The fourth-order valence-electron chi connectivity index (χ4n) is 2.43. The summed E-state index contributed by atoms with van der Waals surface area (Å²) in [5, 5.41) is 3.77. The van der Waals surface area contributed by atoms with E-state index in [4.69, 9.17) is 21.1 Å². The van der Waals surface area contributed by atoms with Crippen LogP contribution in [-0.2, 0) is 13.2 Å². The van der Waals surface area contributed by atoms with E-state index in [2.05, 4.69) is 35.1 Å². The van der Waals surface area contributed by atoms with E-state index in [-0.39, 0.29) is 12.4 Å². The van der Waals surface area contributed by atoms with Crippen LogP contribution in [0.25, 0.3) is 0 Å². The molecule has 0 fully saturated rings. The molecule has 0 aliphatic carbocycles. The third-order valence-corrected chi connectivity index (χ3v) is 4.84. The van der Waals surface area contributed by atoms with Crippen LogP contribution >= 0.6 is 27.5 Å². The molecule has 0 aliphatic rings. The highest BCUT2D eigenvalue weighted by atomic mass is 79.9. The summed E-state index contributed by atoms with van der Waals surface area (Å²) in [7, 11) is 1.61. The molecule has 1 N–H and O–H groups in total. The van der Waals surface area contributed by atoms with Crippen molar-refractivity contribution in [2.75, 3.05) is 13.7 Å². The van der Waals surface area contributed by atoms with E-state index < -0.39 is 0 Å². The van der Waals surface area contributed by atoms with Gasteiger partial charge in [-0.15, -0.1) is 0 Å². The van der Waals surface area contributed by atoms with Crippen molar-refractivity contribution in [1.82, 2.24) is 5.32 Å². The van der Waals surface area contributed by atoms with E-state index >= 15 is 0 Å². The average Bonchev–Trinajstić information content (AvgIpc) is 2.58. The molecule has 0 aromatic heterocycles. The molecule has 0 unspecified atom stereocenters. The van der Waals surface area contributed by atoms with Gasteiger partial charge in [0.25, 0.3) is 0 Å². The second kappa shape index (κ2) is 10.1. The van der Waals surface area contributed by atoms with Crippen LogP contribution in [0.15, 0.2) is 34.8 Å². The molecule has 0 aliphatic heterocycles. The van der Waals surface area contributed by atoms with Crippen LogP contribution in [0.2, 0.25) is 5.02 Å². The van der Waals surface area contributed by atoms with Gasteiger partial charge in [-0.25, -0.2) is 4.39 Å². The molecule has 2 rings (SSSR count). The first kappa shape index (κ1) is 21.0. The lowest BCUT2D eigenvalue weighted by Gasteiger charge is -2.15. The fourth-order valence-corrected chi connectivity index (χ4v) is 3.25. The highest BCUT2D eigenvalue weighted by molar-refractivity contribution is 9.10. The number of ether oxygens (including phenoxy) is 2. The number of halogens is 3. The summed E-state index contributed by atoms with van der Waals surface area (Å²) in [6.45, 7) is 6.37. The third-order valence-electron chi connectivity index (χ3n) is 3.90. The second-order valence-corrected chi connectivity index (χ2v) is 7.75. The van der Waals surface area contributed by atoms with Crippen LogP contribution in [0.5, 0.6) is 11.5 Å². The summed E-state index contributed by atoms with van der Waals surface area (Å²) in [4.78, 5) is 0. The minimum Gasteiger partial charge on any atom is -0.493 e.